The summed E-state index contributed by atoms with van der Waals surface area (Å²) in [5.74, 6) is 0.983. The van der Waals surface area contributed by atoms with Crippen LogP contribution in [0.25, 0.3) is 17.0 Å². The van der Waals surface area contributed by atoms with Gasteiger partial charge in [0.05, 0.1) is 5.69 Å². The Kier molecular flexibility index (Phi) is 4.94. The minimum absolute atomic E-state index is 0.0794. The maximum atomic E-state index is 12.7. The third-order valence-electron chi connectivity index (χ3n) is 6.18. The molecule has 0 bridgehead atoms. The third kappa shape index (κ3) is 3.56. The molecule has 7 heteroatoms. The number of fused-ring (bicyclic) bond motifs is 1. The van der Waals surface area contributed by atoms with Gasteiger partial charge in [0.25, 0.3) is 5.91 Å². The van der Waals surface area contributed by atoms with Crippen molar-refractivity contribution in [2.45, 2.75) is 38.5 Å². The summed E-state index contributed by atoms with van der Waals surface area (Å²) in [6, 6.07) is 11.2. The van der Waals surface area contributed by atoms with E-state index in [9.17, 15) is 9.59 Å². The summed E-state index contributed by atoms with van der Waals surface area (Å²) in [5, 5.41) is 11.6. The van der Waals surface area contributed by atoms with E-state index in [0.717, 1.165) is 56.4 Å². The molecule has 3 aromatic rings. The second-order valence-electron chi connectivity index (χ2n) is 8.22. The molecular formula is C23H25N5O2. The summed E-state index contributed by atoms with van der Waals surface area (Å²) >= 11 is 0. The van der Waals surface area contributed by atoms with E-state index in [1.54, 1.807) is 0 Å². The lowest BCUT2D eigenvalue weighted by Gasteiger charge is -2.26. The molecule has 0 radical (unpaired) electrons. The first-order valence-electron chi connectivity index (χ1n) is 10.7. The lowest BCUT2D eigenvalue weighted by molar-refractivity contribution is -0.122. The van der Waals surface area contributed by atoms with Crippen LogP contribution in [0.15, 0.2) is 42.6 Å². The van der Waals surface area contributed by atoms with Crippen molar-refractivity contribution in [3.63, 3.8) is 0 Å². The molecule has 1 aliphatic carbocycles. The highest BCUT2D eigenvalue weighted by atomic mass is 16.2. The van der Waals surface area contributed by atoms with Gasteiger partial charge < -0.3 is 10.2 Å². The number of anilines is 1. The molecule has 0 spiro atoms. The van der Waals surface area contributed by atoms with Crippen LogP contribution in [0.2, 0.25) is 0 Å². The van der Waals surface area contributed by atoms with Gasteiger partial charge in [-0.25, -0.2) is 0 Å². The molecule has 7 nitrogen and oxygen atoms in total. The number of benzene rings is 1. The number of hydrogen-bond acceptors (Lipinski definition) is 4. The van der Waals surface area contributed by atoms with Crippen molar-refractivity contribution in [2.24, 2.45) is 5.92 Å². The summed E-state index contributed by atoms with van der Waals surface area (Å²) in [4.78, 5) is 26.9. The Morgan fingerprint density at radius 2 is 1.67 bits per heavy atom. The van der Waals surface area contributed by atoms with Crippen molar-refractivity contribution >= 4 is 23.1 Å². The van der Waals surface area contributed by atoms with Gasteiger partial charge in [0.2, 0.25) is 5.91 Å². The summed E-state index contributed by atoms with van der Waals surface area (Å²) in [7, 11) is 0. The van der Waals surface area contributed by atoms with E-state index in [4.69, 9.17) is 0 Å². The zero-order valence-electron chi connectivity index (χ0n) is 16.9. The van der Waals surface area contributed by atoms with Gasteiger partial charge in [0.15, 0.2) is 11.5 Å². The van der Waals surface area contributed by atoms with Gasteiger partial charge in [-0.05, 0) is 56.4 Å². The first kappa shape index (κ1) is 18.8. The van der Waals surface area contributed by atoms with E-state index in [2.05, 4.69) is 15.5 Å². The molecular weight excluding hydrogens is 378 g/mol. The summed E-state index contributed by atoms with van der Waals surface area (Å²) < 4.78 is 1.87. The Labute approximate surface area is 175 Å². The first-order chi connectivity index (χ1) is 14.7. The van der Waals surface area contributed by atoms with E-state index in [-0.39, 0.29) is 17.7 Å². The molecule has 1 aliphatic heterocycles. The van der Waals surface area contributed by atoms with Crippen LogP contribution < -0.4 is 5.32 Å². The highest BCUT2D eigenvalue weighted by Gasteiger charge is 2.25. The van der Waals surface area contributed by atoms with Crippen LogP contribution in [0.5, 0.6) is 0 Å². The molecule has 1 saturated carbocycles. The zero-order valence-corrected chi connectivity index (χ0v) is 16.9. The minimum atomic E-state index is 0.0794. The normalized spacial score (nSPS) is 17.0. The number of piperidine rings is 1. The third-order valence-corrected chi connectivity index (χ3v) is 6.18. The molecule has 2 fully saturated rings. The van der Waals surface area contributed by atoms with Crippen LogP contribution in [0, 0.1) is 5.92 Å². The number of rotatable bonds is 4. The van der Waals surface area contributed by atoms with Crippen LogP contribution in [0.1, 0.15) is 48.9 Å². The molecule has 3 heterocycles. The predicted molar refractivity (Wildman–Crippen MR) is 114 cm³/mol. The van der Waals surface area contributed by atoms with Crippen molar-refractivity contribution < 1.29 is 9.59 Å². The number of nitrogens with one attached hydrogen (secondary N) is 1. The van der Waals surface area contributed by atoms with E-state index in [1.165, 1.54) is 6.42 Å². The Morgan fingerprint density at radius 3 is 2.37 bits per heavy atom. The molecule has 154 valence electrons. The quantitative estimate of drug-likeness (QED) is 0.719. The Bertz CT molecular complexity index is 1080. The maximum Gasteiger partial charge on any atom is 0.253 e. The van der Waals surface area contributed by atoms with Crippen LogP contribution >= 0.6 is 0 Å². The number of likely N-dealkylation sites (tertiary alicyclic amines) is 1. The van der Waals surface area contributed by atoms with Gasteiger partial charge in [0, 0.05) is 36.3 Å². The fourth-order valence-electron chi connectivity index (χ4n) is 4.12. The van der Waals surface area contributed by atoms with E-state index in [1.807, 2.05) is 51.9 Å². The van der Waals surface area contributed by atoms with Crippen molar-refractivity contribution in [2.75, 3.05) is 18.4 Å². The number of aromatic nitrogens is 3. The molecule has 0 atom stereocenters. The molecule has 2 aliphatic rings. The van der Waals surface area contributed by atoms with Gasteiger partial charge >= 0.3 is 0 Å². The average molecular weight is 403 g/mol. The monoisotopic (exact) mass is 403 g/mol. The Balaban J connectivity index is 1.37. The molecule has 5 rings (SSSR count). The Morgan fingerprint density at radius 1 is 0.900 bits per heavy atom. The van der Waals surface area contributed by atoms with Crippen LogP contribution in [-0.4, -0.2) is 44.4 Å². The maximum absolute atomic E-state index is 12.7. The number of amides is 2. The molecule has 30 heavy (non-hydrogen) atoms. The molecule has 1 saturated heterocycles. The van der Waals surface area contributed by atoms with Crippen LogP contribution in [0.3, 0.4) is 0 Å². The van der Waals surface area contributed by atoms with Crippen molar-refractivity contribution in [1.29, 1.82) is 0 Å². The van der Waals surface area contributed by atoms with Crippen LogP contribution in [0.4, 0.5) is 5.69 Å². The van der Waals surface area contributed by atoms with Gasteiger partial charge in [-0.1, -0.05) is 18.6 Å². The van der Waals surface area contributed by atoms with Crippen molar-refractivity contribution in [1.82, 2.24) is 19.5 Å². The van der Waals surface area contributed by atoms with Gasteiger partial charge in [-0.15, -0.1) is 10.2 Å². The number of hydrogen-bond donors (Lipinski definition) is 1. The molecule has 1 aromatic carbocycles. The van der Waals surface area contributed by atoms with E-state index >= 15 is 0 Å². The lowest BCUT2D eigenvalue weighted by Crippen LogP contribution is -2.35. The zero-order chi connectivity index (χ0) is 20.5. The summed E-state index contributed by atoms with van der Waals surface area (Å²) in [6.45, 7) is 1.68. The smallest absolute Gasteiger partial charge is 0.253 e. The van der Waals surface area contributed by atoms with E-state index in [0.29, 0.717) is 17.0 Å². The average Bonchev–Trinajstić information content (AvgIpc) is 3.16. The molecule has 1 N–H and O–H groups in total. The second kappa shape index (κ2) is 7.89. The Hall–Kier alpha value is -3.22. The fourth-order valence-corrected chi connectivity index (χ4v) is 4.12. The predicted octanol–water partition coefficient (Wildman–Crippen LogP) is 3.76. The number of carbonyl (C=O) groups excluding carboxylic acids is 2. The molecule has 0 unspecified atom stereocenters. The number of nitrogens with zero attached hydrogens (tertiary/aromatic N) is 4. The SMILES string of the molecule is O=C(Nc1ccc2nnc(-c3ccc(C(=O)N4CCCCC4)cc3)n2c1)C1CCC1. The van der Waals surface area contributed by atoms with Crippen LogP contribution in [-0.2, 0) is 4.79 Å². The standard InChI is InChI=1S/C23H25N5O2/c29-22(17-5-4-6-17)24-19-11-12-20-25-26-21(28(20)15-19)16-7-9-18(10-8-16)23(30)27-13-2-1-3-14-27/h7-12,15,17H,1-6,13-14H2,(H,24,29). The van der Waals surface area contributed by atoms with Gasteiger partial charge in [0.1, 0.15) is 0 Å². The number of carbonyl (C=O) groups is 2. The first-order valence-corrected chi connectivity index (χ1v) is 10.7. The highest BCUT2D eigenvalue weighted by Crippen LogP contribution is 2.28. The minimum Gasteiger partial charge on any atom is -0.339 e. The topological polar surface area (TPSA) is 79.6 Å². The largest absolute Gasteiger partial charge is 0.339 e. The molecule has 2 aromatic heterocycles. The number of pyridine rings is 1. The molecule has 2 amide bonds. The van der Waals surface area contributed by atoms with Crippen molar-refractivity contribution in [3.8, 4) is 11.4 Å². The second-order valence-corrected chi connectivity index (χ2v) is 8.22. The fraction of sp³-hybridized carbons (Fsp3) is 0.391. The van der Waals surface area contributed by atoms with Crippen molar-refractivity contribution in [3.05, 3.63) is 48.2 Å². The summed E-state index contributed by atoms with van der Waals surface area (Å²) in [5.41, 5.74) is 3.01. The van der Waals surface area contributed by atoms with Gasteiger partial charge in [-0.2, -0.15) is 0 Å². The van der Waals surface area contributed by atoms with E-state index < -0.39 is 0 Å². The highest BCUT2D eigenvalue weighted by molar-refractivity contribution is 5.95. The lowest BCUT2D eigenvalue weighted by atomic mass is 9.85. The van der Waals surface area contributed by atoms with Gasteiger partial charge in [-0.3, -0.25) is 14.0 Å². The summed E-state index contributed by atoms with van der Waals surface area (Å²) in [6.07, 6.45) is 8.27.